The number of anilines is 1. The van der Waals surface area contributed by atoms with Gasteiger partial charge in [-0.1, -0.05) is 36.0 Å². The number of nitrogens with one attached hydrogen (secondary N) is 2. The Labute approximate surface area is 162 Å². The largest absolute Gasteiger partial charge is 0.325 e. The van der Waals surface area contributed by atoms with Gasteiger partial charge in [0.2, 0.25) is 5.91 Å². The van der Waals surface area contributed by atoms with Gasteiger partial charge in [-0.2, -0.15) is 0 Å². The molecule has 2 aromatic carbocycles. The highest BCUT2D eigenvalue weighted by molar-refractivity contribution is 7.99. The number of imidazole rings is 1. The second-order valence-electron chi connectivity index (χ2n) is 6.17. The monoisotopic (exact) mass is 382 g/mol. The van der Waals surface area contributed by atoms with Crippen LogP contribution in [0.15, 0.2) is 47.6 Å². The lowest BCUT2D eigenvalue weighted by Crippen LogP contribution is -2.35. The second kappa shape index (κ2) is 8.26. The van der Waals surface area contributed by atoms with Crippen LogP contribution in [0.3, 0.4) is 0 Å². The second-order valence-corrected chi connectivity index (χ2v) is 7.11. The molecule has 140 valence electrons. The van der Waals surface area contributed by atoms with Crippen molar-refractivity contribution in [3.8, 4) is 0 Å². The number of imide groups is 1. The summed E-state index contributed by atoms with van der Waals surface area (Å²) in [5.41, 5.74) is 4.69. The summed E-state index contributed by atoms with van der Waals surface area (Å²) >= 11 is 1.32. The molecule has 0 bridgehead atoms. The van der Waals surface area contributed by atoms with E-state index in [2.05, 4.69) is 20.2 Å². The summed E-state index contributed by atoms with van der Waals surface area (Å²) in [4.78, 5) is 28.8. The molecule has 3 aromatic rings. The molecule has 0 fully saturated rings. The fourth-order valence-corrected chi connectivity index (χ4v) is 3.68. The van der Waals surface area contributed by atoms with Gasteiger partial charge in [0.1, 0.15) is 0 Å². The van der Waals surface area contributed by atoms with Crippen LogP contribution < -0.4 is 10.6 Å². The lowest BCUT2D eigenvalue weighted by molar-refractivity contribution is -0.117. The molecular weight excluding hydrogens is 360 g/mol. The lowest BCUT2D eigenvalue weighted by atomic mass is 10.1. The van der Waals surface area contributed by atoms with E-state index < -0.39 is 6.03 Å². The zero-order valence-electron chi connectivity index (χ0n) is 15.6. The molecule has 0 saturated heterocycles. The van der Waals surface area contributed by atoms with Crippen LogP contribution in [0, 0.1) is 13.8 Å². The van der Waals surface area contributed by atoms with Crippen LogP contribution in [0.5, 0.6) is 0 Å². The number of nitrogens with zero attached hydrogens (tertiary/aromatic N) is 2. The minimum Gasteiger partial charge on any atom is -0.319 e. The van der Waals surface area contributed by atoms with Crippen molar-refractivity contribution in [2.75, 3.05) is 11.1 Å². The molecule has 0 aliphatic carbocycles. The average molecular weight is 382 g/mol. The number of rotatable bonds is 5. The number of aryl methyl sites for hydroxylation is 2. The summed E-state index contributed by atoms with van der Waals surface area (Å²) < 4.78 is 2.06. The first-order valence-electron chi connectivity index (χ1n) is 8.74. The van der Waals surface area contributed by atoms with Gasteiger partial charge >= 0.3 is 6.03 Å². The third-order valence-electron chi connectivity index (χ3n) is 4.37. The van der Waals surface area contributed by atoms with Gasteiger partial charge in [-0.25, -0.2) is 9.78 Å². The molecule has 2 N–H and O–H groups in total. The van der Waals surface area contributed by atoms with Gasteiger partial charge < -0.3 is 9.88 Å². The minimum absolute atomic E-state index is 0.115. The van der Waals surface area contributed by atoms with Crippen molar-refractivity contribution in [3.05, 3.63) is 53.6 Å². The quantitative estimate of drug-likeness (QED) is 0.651. The van der Waals surface area contributed by atoms with Crippen LogP contribution >= 0.6 is 11.8 Å². The van der Waals surface area contributed by atoms with E-state index in [1.165, 1.54) is 11.8 Å². The van der Waals surface area contributed by atoms with Crippen molar-refractivity contribution in [1.29, 1.82) is 0 Å². The number of aromatic nitrogens is 2. The summed E-state index contributed by atoms with van der Waals surface area (Å²) in [5.74, 6) is -0.249. The molecule has 0 aliphatic heterocycles. The molecule has 6 nitrogen and oxygen atoms in total. The van der Waals surface area contributed by atoms with Gasteiger partial charge in [0.15, 0.2) is 5.16 Å². The van der Waals surface area contributed by atoms with Crippen LogP contribution in [0.4, 0.5) is 10.5 Å². The normalized spacial score (nSPS) is 10.8. The third kappa shape index (κ3) is 4.31. The Morgan fingerprint density at radius 1 is 1.11 bits per heavy atom. The van der Waals surface area contributed by atoms with Crippen LogP contribution in [0.2, 0.25) is 0 Å². The van der Waals surface area contributed by atoms with Gasteiger partial charge in [-0.05, 0) is 50.1 Å². The SMILES string of the molecule is CCn1c(SCC(=O)NC(=O)Nc2cccc(C)c2C)nc2ccccc21. The number of hydrogen-bond acceptors (Lipinski definition) is 4. The summed E-state index contributed by atoms with van der Waals surface area (Å²) in [7, 11) is 0. The highest BCUT2D eigenvalue weighted by Crippen LogP contribution is 2.23. The van der Waals surface area contributed by atoms with Gasteiger partial charge in [-0.3, -0.25) is 10.1 Å². The first kappa shape index (κ1) is 19.0. The zero-order valence-corrected chi connectivity index (χ0v) is 16.4. The number of benzene rings is 2. The van der Waals surface area contributed by atoms with E-state index in [-0.39, 0.29) is 11.7 Å². The van der Waals surface area contributed by atoms with Crippen molar-refractivity contribution >= 4 is 40.4 Å². The predicted molar refractivity (Wildman–Crippen MR) is 109 cm³/mol. The first-order chi connectivity index (χ1) is 13.0. The molecule has 1 heterocycles. The Balaban J connectivity index is 1.60. The maximum absolute atomic E-state index is 12.2. The van der Waals surface area contributed by atoms with Gasteiger partial charge in [0, 0.05) is 12.2 Å². The Morgan fingerprint density at radius 2 is 1.89 bits per heavy atom. The first-order valence-corrected chi connectivity index (χ1v) is 9.73. The smallest absolute Gasteiger partial charge is 0.319 e. The van der Waals surface area contributed by atoms with Gasteiger partial charge in [0.05, 0.1) is 16.8 Å². The van der Waals surface area contributed by atoms with Gasteiger partial charge in [0.25, 0.3) is 0 Å². The van der Waals surface area contributed by atoms with E-state index in [4.69, 9.17) is 0 Å². The van der Waals surface area contributed by atoms with Crippen LogP contribution in [-0.4, -0.2) is 27.2 Å². The number of fused-ring (bicyclic) bond motifs is 1. The molecule has 3 amide bonds. The number of carbonyl (C=O) groups excluding carboxylic acids is 2. The molecule has 0 radical (unpaired) electrons. The Kier molecular flexibility index (Phi) is 5.81. The summed E-state index contributed by atoms with van der Waals surface area (Å²) in [6.45, 7) is 6.70. The summed E-state index contributed by atoms with van der Waals surface area (Å²) in [6, 6.07) is 13.0. The number of para-hydroxylation sites is 2. The van der Waals surface area contributed by atoms with Crippen molar-refractivity contribution in [2.45, 2.75) is 32.5 Å². The van der Waals surface area contributed by atoms with Crippen LogP contribution in [0.1, 0.15) is 18.1 Å². The molecule has 0 aliphatic rings. The molecule has 27 heavy (non-hydrogen) atoms. The highest BCUT2D eigenvalue weighted by atomic mass is 32.2. The maximum atomic E-state index is 12.2. The Hall–Kier alpha value is -2.80. The maximum Gasteiger partial charge on any atom is 0.325 e. The predicted octanol–water partition coefficient (Wildman–Crippen LogP) is 4.11. The molecule has 0 saturated carbocycles. The molecule has 0 spiro atoms. The van der Waals surface area contributed by atoms with E-state index in [9.17, 15) is 9.59 Å². The van der Waals surface area contributed by atoms with Crippen molar-refractivity contribution in [2.24, 2.45) is 0 Å². The molecule has 7 heteroatoms. The summed E-state index contributed by atoms with van der Waals surface area (Å²) in [5, 5.41) is 5.86. The number of amides is 3. The van der Waals surface area contributed by atoms with Crippen LogP contribution in [0.25, 0.3) is 11.0 Å². The fourth-order valence-electron chi connectivity index (χ4n) is 2.80. The van der Waals surface area contributed by atoms with Crippen LogP contribution in [-0.2, 0) is 11.3 Å². The van der Waals surface area contributed by atoms with Gasteiger partial charge in [-0.15, -0.1) is 0 Å². The van der Waals surface area contributed by atoms with Crippen molar-refractivity contribution < 1.29 is 9.59 Å². The van der Waals surface area contributed by atoms with Crippen molar-refractivity contribution in [1.82, 2.24) is 14.9 Å². The number of urea groups is 1. The lowest BCUT2D eigenvalue weighted by Gasteiger charge is -2.11. The number of hydrogen-bond donors (Lipinski definition) is 2. The Morgan fingerprint density at radius 3 is 2.67 bits per heavy atom. The Bertz CT molecular complexity index is 997. The molecule has 1 aromatic heterocycles. The number of carbonyl (C=O) groups is 2. The standard InChI is InChI=1S/C20H22N4O2S/c1-4-24-17-11-6-5-9-16(17)22-20(24)27-12-18(25)23-19(26)21-15-10-7-8-13(2)14(15)3/h5-11H,4,12H2,1-3H3,(H2,21,23,25,26). The average Bonchev–Trinajstić information content (AvgIpc) is 3.01. The zero-order chi connectivity index (χ0) is 19.4. The molecule has 3 rings (SSSR count). The topological polar surface area (TPSA) is 76.0 Å². The van der Waals surface area contributed by atoms with E-state index in [1.807, 2.05) is 63.2 Å². The summed E-state index contributed by atoms with van der Waals surface area (Å²) in [6.07, 6.45) is 0. The van der Waals surface area contributed by atoms with E-state index in [0.717, 1.165) is 33.9 Å². The van der Waals surface area contributed by atoms with E-state index >= 15 is 0 Å². The van der Waals surface area contributed by atoms with E-state index in [1.54, 1.807) is 0 Å². The molecule has 0 unspecified atom stereocenters. The van der Waals surface area contributed by atoms with Crippen molar-refractivity contribution in [3.63, 3.8) is 0 Å². The number of thioether (sulfide) groups is 1. The molecular formula is C20H22N4O2S. The highest BCUT2D eigenvalue weighted by Gasteiger charge is 2.14. The minimum atomic E-state index is -0.529. The third-order valence-corrected chi connectivity index (χ3v) is 5.35. The fraction of sp³-hybridized carbons (Fsp3) is 0.250. The molecule has 0 atom stereocenters. The van der Waals surface area contributed by atoms with E-state index in [0.29, 0.717) is 5.69 Å².